The zero-order valence-corrected chi connectivity index (χ0v) is 20.7. The van der Waals surface area contributed by atoms with E-state index in [0.29, 0.717) is 17.9 Å². The minimum atomic E-state index is -4.61. The molecule has 12 heteroatoms. The second kappa shape index (κ2) is 9.96. The fraction of sp³-hybridized carbons (Fsp3) is 0.231. The molecule has 0 saturated heterocycles. The number of carbonyl (C=O) groups is 1. The monoisotopic (exact) mass is 540 g/mol. The van der Waals surface area contributed by atoms with E-state index in [1.165, 1.54) is 21.7 Å². The van der Waals surface area contributed by atoms with E-state index in [1.54, 1.807) is 10.9 Å². The summed E-state index contributed by atoms with van der Waals surface area (Å²) < 4.78 is 48.3. The molecule has 0 radical (unpaired) electrons. The number of fused-ring (bicyclic) bond motifs is 1. The molecule has 2 aromatic heterocycles. The first-order valence-electron chi connectivity index (χ1n) is 11.5. The summed E-state index contributed by atoms with van der Waals surface area (Å²) in [5.74, 6) is -0.379. The zero-order valence-electron chi connectivity index (χ0n) is 20.0. The molecule has 0 spiro atoms. The van der Waals surface area contributed by atoms with Crippen LogP contribution >= 0.6 is 11.6 Å². The maximum atomic E-state index is 13.6. The summed E-state index contributed by atoms with van der Waals surface area (Å²) >= 11 is 5.91. The molecule has 0 unspecified atom stereocenters. The van der Waals surface area contributed by atoms with E-state index >= 15 is 0 Å². The molecule has 1 aliphatic rings. The summed E-state index contributed by atoms with van der Waals surface area (Å²) in [6, 6.07) is 14.5. The van der Waals surface area contributed by atoms with Crippen LogP contribution in [0.15, 0.2) is 60.9 Å². The highest BCUT2D eigenvalue weighted by Gasteiger charge is 2.37. The number of carbonyl (C=O) groups excluding carboxylic acids is 1. The maximum absolute atomic E-state index is 13.6. The molecule has 0 fully saturated rings. The van der Waals surface area contributed by atoms with Crippen LogP contribution < -0.4 is 4.90 Å². The van der Waals surface area contributed by atoms with Gasteiger partial charge in [0.25, 0.3) is 5.91 Å². The van der Waals surface area contributed by atoms with Crippen LogP contribution in [0, 0.1) is 11.3 Å². The molecule has 5 rings (SSSR count). The van der Waals surface area contributed by atoms with Crippen molar-refractivity contribution in [3.8, 4) is 17.3 Å². The molecule has 194 valence electrons. The predicted molar refractivity (Wildman–Crippen MR) is 132 cm³/mol. The largest absolute Gasteiger partial charge is 0.417 e. The van der Waals surface area contributed by atoms with Crippen LogP contribution in [-0.2, 0) is 24.3 Å². The summed E-state index contributed by atoms with van der Waals surface area (Å²) in [5, 5.41) is 13.5. The van der Waals surface area contributed by atoms with Gasteiger partial charge in [-0.15, -0.1) is 0 Å². The number of ether oxygens (including phenoxy) is 1. The molecule has 3 heterocycles. The van der Waals surface area contributed by atoms with Gasteiger partial charge < -0.3 is 9.64 Å². The summed E-state index contributed by atoms with van der Waals surface area (Å²) in [5.41, 5.74) is 1.17. The van der Waals surface area contributed by atoms with E-state index in [9.17, 15) is 23.2 Å². The molecule has 2 aromatic carbocycles. The van der Waals surface area contributed by atoms with Gasteiger partial charge in [0.15, 0.2) is 0 Å². The fourth-order valence-electron chi connectivity index (χ4n) is 4.34. The molecule has 1 atom stereocenters. The fourth-order valence-corrected chi connectivity index (χ4v) is 4.63. The van der Waals surface area contributed by atoms with E-state index in [2.05, 4.69) is 10.1 Å². The summed E-state index contributed by atoms with van der Waals surface area (Å²) in [6.07, 6.45) is -1.51. The van der Waals surface area contributed by atoms with Crippen LogP contribution in [0.25, 0.3) is 11.3 Å². The Balaban J connectivity index is 1.43. The van der Waals surface area contributed by atoms with Crippen molar-refractivity contribution in [2.75, 3.05) is 11.4 Å². The molecule has 0 bridgehead atoms. The van der Waals surface area contributed by atoms with Crippen LogP contribution in [0.2, 0.25) is 5.02 Å². The van der Waals surface area contributed by atoms with Gasteiger partial charge in [0.1, 0.15) is 18.5 Å². The number of amides is 1. The Kier molecular flexibility index (Phi) is 6.69. The number of nitrogens with zero attached hydrogens (tertiary/aromatic N) is 6. The lowest BCUT2D eigenvalue weighted by Gasteiger charge is -2.32. The first kappa shape index (κ1) is 25.5. The van der Waals surface area contributed by atoms with Crippen LogP contribution in [0.5, 0.6) is 0 Å². The number of imidazole rings is 1. The summed E-state index contributed by atoms with van der Waals surface area (Å²) in [7, 11) is 0. The third-order valence-electron chi connectivity index (χ3n) is 6.17. The lowest BCUT2D eigenvalue weighted by Crippen LogP contribution is -2.42. The number of rotatable bonds is 6. The molecule has 8 nitrogen and oxygen atoms in total. The number of alkyl halides is 3. The lowest BCUT2D eigenvalue weighted by atomic mass is 10.1. The van der Waals surface area contributed by atoms with Crippen molar-refractivity contribution in [3.63, 3.8) is 0 Å². The number of nitriles is 1. The van der Waals surface area contributed by atoms with Crippen molar-refractivity contribution in [1.82, 2.24) is 19.3 Å². The van der Waals surface area contributed by atoms with Gasteiger partial charge in [0, 0.05) is 18.4 Å². The smallest absolute Gasteiger partial charge is 0.356 e. The maximum Gasteiger partial charge on any atom is 0.417 e. The third-order valence-corrected chi connectivity index (χ3v) is 6.48. The van der Waals surface area contributed by atoms with Crippen molar-refractivity contribution in [2.24, 2.45) is 0 Å². The van der Waals surface area contributed by atoms with Crippen LogP contribution in [0.4, 0.5) is 18.9 Å². The van der Waals surface area contributed by atoms with Gasteiger partial charge in [-0.2, -0.15) is 23.5 Å². The first-order chi connectivity index (χ1) is 18.2. The normalized spacial score (nSPS) is 15.4. The highest BCUT2D eigenvalue weighted by Crippen LogP contribution is 2.38. The van der Waals surface area contributed by atoms with Crippen molar-refractivity contribution >= 4 is 23.2 Å². The second-order valence-electron chi connectivity index (χ2n) is 8.77. The number of aromatic nitrogens is 4. The number of anilines is 1. The van der Waals surface area contributed by atoms with Crippen LogP contribution in [-0.4, -0.2) is 31.8 Å². The minimum Gasteiger partial charge on any atom is -0.356 e. The molecule has 0 saturated carbocycles. The molecule has 0 aliphatic carbocycles. The molecule has 0 N–H and O–H groups in total. The Morgan fingerprint density at radius 2 is 1.97 bits per heavy atom. The van der Waals surface area contributed by atoms with Gasteiger partial charge in [-0.05, 0) is 30.7 Å². The Bertz CT molecular complexity index is 1540. The average Bonchev–Trinajstić information content (AvgIpc) is 3.51. The number of hydrogen-bond donors (Lipinski definition) is 0. The molecule has 1 amide bonds. The summed E-state index contributed by atoms with van der Waals surface area (Å²) in [6.45, 7) is 2.42. The molecule has 1 aliphatic heterocycles. The average molecular weight is 541 g/mol. The van der Waals surface area contributed by atoms with E-state index < -0.39 is 22.7 Å². The van der Waals surface area contributed by atoms with Gasteiger partial charge >= 0.3 is 6.18 Å². The molecule has 4 aromatic rings. The first-order valence-corrected chi connectivity index (χ1v) is 11.9. The predicted octanol–water partition coefficient (Wildman–Crippen LogP) is 5.69. The van der Waals surface area contributed by atoms with Gasteiger partial charge in [-0.3, -0.25) is 14.0 Å². The Morgan fingerprint density at radius 3 is 2.66 bits per heavy atom. The SMILES string of the molecule is C[C@H]1CN(c2ccc(C(F)(F)F)c(Cl)c2)C(=O)c2c(-c3cn(COCc4ccccc4)c(C#N)n3)cnn21. The van der Waals surface area contributed by atoms with Crippen molar-refractivity contribution in [3.05, 3.63) is 88.6 Å². The number of hydrogen-bond acceptors (Lipinski definition) is 5. The van der Waals surface area contributed by atoms with Crippen LogP contribution in [0.1, 0.15) is 40.4 Å². The third kappa shape index (κ3) is 4.76. The highest BCUT2D eigenvalue weighted by molar-refractivity contribution is 6.31. The topological polar surface area (TPSA) is 89.0 Å². The summed E-state index contributed by atoms with van der Waals surface area (Å²) in [4.78, 5) is 19.3. The van der Waals surface area contributed by atoms with E-state index in [0.717, 1.165) is 17.7 Å². The van der Waals surface area contributed by atoms with E-state index in [1.807, 2.05) is 43.3 Å². The number of halogens is 4. The quantitative estimate of drug-likeness (QED) is 0.314. The molecular weight excluding hydrogens is 521 g/mol. The standard InChI is InChI=1S/C26H20ClF3N6O2/c1-16-12-35(18-7-8-20(21(27)9-18)26(28,29)30)25(37)24-19(11-32-36(16)24)22-13-34(23(10-31)33-22)15-38-14-17-5-3-2-4-6-17/h2-9,11,13,16H,12,14-15H2,1H3/t16-/m0/s1. The Hall–Kier alpha value is -4.14. The lowest BCUT2D eigenvalue weighted by molar-refractivity contribution is -0.137. The van der Waals surface area contributed by atoms with Gasteiger partial charge in [-0.25, -0.2) is 4.98 Å². The van der Waals surface area contributed by atoms with Gasteiger partial charge in [0.05, 0.1) is 40.7 Å². The van der Waals surface area contributed by atoms with E-state index in [-0.39, 0.29) is 36.5 Å². The van der Waals surface area contributed by atoms with Crippen molar-refractivity contribution < 1.29 is 22.7 Å². The van der Waals surface area contributed by atoms with E-state index in [4.69, 9.17) is 16.3 Å². The second-order valence-corrected chi connectivity index (χ2v) is 9.18. The minimum absolute atomic E-state index is 0.0643. The van der Waals surface area contributed by atoms with Crippen molar-refractivity contribution in [1.29, 1.82) is 5.26 Å². The van der Waals surface area contributed by atoms with Gasteiger partial charge in [-0.1, -0.05) is 41.9 Å². The Labute approximate surface area is 220 Å². The Morgan fingerprint density at radius 1 is 1.21 bits per heavy atom. The number of benzene rings is 2. The molecular formula is C26H20ClF3N6O2. The molecule has 38 heavy (non-hydrogen) atoms. The zero-order chi connectivity index (χ0) is 27.0. The van der Waals surface area contributed by atoms with Crippen LogP contribution in [0.3, 0.4) is 0 Å². The highest BCUT2D eigenvalue weighted by atomic mass is 35.5. The van der Waals surface area contributed by atoms with Gasteiger partial charge in [0.2, 0.25) is 5.82 Å². The van der Waals surface area contributed by atoms with Crippen molar-refractivity contribution in [2.45, 2.75) is 32.5 Å².